The summed E-state index contributed by atoms with van der Waals surface area (Å²) < 4.78 is 1.80. The maximum absolute atomic E-state index is 12.6. The first-order valence-electron chi connectivity index (χ1n) is 7.17. The zero-order valence-electron chi connectivity index (χ0n) is 14.0. The van der Waals surface area contributed by atoms with Crippen molar-refractivity contribution < 1.29 is 9.36 Å². The van der Waals surface area contributed by atoms with Gasteiger partial charge in [-0.25, -0.2) is 0 Å². The second-order valence-corrected chi connectivity index (χ2v) is 8.75. The highest BCUT2D eigenvalue weighted by atomic mass is 35.5. The normalized spacial score (nSPS) is 11.6. The minimum atomic E-state index is -0.0938. The number of nitrogens with zero attached hydrogens (tertiary/aromatic N) is 3. The van der Waals surface area contributed by atoms with E-state index in [1.807, 2.05) is 30.0 Å². The number of thioether (sulfide) groups is 1. The van der Waals surface area contributed by atoms with Gasteiger partial charge in [-0.2, -0.15) is 16.3 Å². The highest BCUT2D eigenvalue weighted by molar-refractivity contribution is 7.99. The molecule has 0 aliphatic carbocycles. The zero-order valence-corrected chi connectivity index (χ0v) is 16.3. The number of halogens is 1. The number of rotatable bonds is 5. The summed E-state index contributed by atoms with van der Waals surface area (Å²) in [4.78, 5) is 18.4. The van der Waals surface area contributed by atoms with E-state index in [0.29, 0.717) is 11.6 Å². The lowest BCUT2D eigenvalue weighted by atomic mass is 10.1. The molecule has 0 aromatic carbocycles. The molecular weight excluding hydrogens is 350 g/mol. The largest absolute Gasteiger partial charge is 0.310 e. The number of hydrogen-bond acceptors (Lipinski definition) is 4. The van der Waals surface area contributed by atoms with Gasteiger partial charge in [0.15, 0.2) is 5.00 Å². The third-order valence-electron chi connectivity index (χ3n) is 3.69. The molecule has 7 heteroatoms. The van der Waals surface area contributed by atoms with E-state index in [9.17, 15) is 4.79 Å². The molecule has 0 atom stereocenters. The molecule has 0 aliphatic rings. The fourth-order valence-electron chi connectivity index (χ4n) is 2.05. The summed E-state index contributed by atoms with van der Waals surface area (Å²) in [6.07, 6.45) is 6.01. The molecule has 1 amide bonds. The summed E-state index contributed by atoms with van der Waals surface area (Å²) in [6.45, 7) is 4.14. The molecule has 0 N–H and O–H groups in total. The third-order valence-corrected chi connectivity index (χ3v) is 6.84. The van der Waals surface area contributed by atoms with Crippen LogP contribution < -0.4 is 9.47 Å². The Morgan fingerprint density at radius 1 is 1.52 bits per heavy atom. The Labute approximate surface area is 150 Å². The summed E-state index contributed by atoms with van der Waals surface area (Å²) in [5.74, 6) is 0.0610. The third kappa shape index (κ3) is 4.05. The highest BCUT2D eigenvalue weighted by Crippen LogP contribution is 2.36. The van der Waals surface area contributed by atoms with Crippen molar-refractivity contribution in [2.24, 2.45) is 7.05 Å². The first-order valence-corrected chi connectivity index (χ1v) is 9.59. The van der Waals surface area contributed by atoms with Crippen LogP contribution in [0.25, 0.3) is 10.6 Å². The van der Waals surface area contributed by atoms with Gasteiger partial charge in [0, 0.05) is 30.6 Å². The summed E-state index contributed by atoms with van der Waals surface area (Å²) in [6, 6.07) is 3.87. The van der Waals surface area contributed by atoms with Crippen LogP contribution in [0, 0.1) is 0 Å². The van der Waals surface area contributed by atoms with Gasteiger partial charge >= 0.3 is 5.15 Å². The fraction of sp³-hybridized carbons (Fsp3) is 0.438. The van der Waals surface area contributed by atoms with Crippen LogP contribution >= 0.6 is 34.7 Å². The molecule has 0 radical (unpaired) electrons. The summed E-state index contributed by atoms with van der Waals surface area (Å²) >= 11 is 9.65. The van der Waals surface area contributed by atoms with Crippen molar-refractivity contribution in [3.63, 3.8) is 0 Å². The maximum Gasteiger partial charge on any atom is 0.310 e. The molecule has 124 valence electrons. The maximum atomic E-state index is 12.6. The standard InChI is InChI=1S/C16H21ClN3OS2/c1-16(2,22-5)9-12(21)19(3)15-13(17)20(4)14(23-15)11-7-6-8-18-10-11/h6-8,10H,9H2,1-5H3/q+1. The SMILES string of the molecule is CSC(C)(C)CC(=O)N(C)c1sc(-c2cccnc2)[n+](C)c1Cl. The molecule has 0 spiro atoms. The van der Waals surface area contributed by atoms with Crippen LogP contribution in [-0.2, 0) is 11.8 Å². The average Bonchev–Trinajstić information content (AvgIpc) is 2.83. The number of hydrogen-bond donors (Lipinski definition) is 0. The molecule has 2 aromatic heterocycles. The van der Waals surface area contributed by atoms with Crippen LogP contribution in [0.3, 0.4) is 0 Å². The van der Waals surface area contributed by atoms with Gasteiger partial charge < -0.3 is 4.90 Å². The Hall–Kier alpha value is -1.11. The number of anilines is 1. The van der Waals surface area contributed by atoms with E-state index in [-0.39, 0.29) is 10.7 Å². The summed E-state index contributed by atoms with van der Waals surface area (Å²) in [5.41, 5.74) is 0.985. The number of carbonyl (C=O) groups excluding carboxylic acids is 1. The fourth-order valence-corrected chi connectivity index (χ4v) is 3.81. The van der Waals surface area contributed by atoms with Crippen LogP contribution in [-0.4, -0.2) is 28.9 Å². The van der Waals surface area contributed by atoms with E-state index >= 15 is 0 Å². The van der Waals surface area contributed by atoms with Gasteiger partial charge in [0.1, 0.15) is 7.05 Å². The number of aromatic nitrogens is 2. The quantitative estimate of drug-likeness (QED) is 0.751. The predicted molar refractivity (Wildman–Crippen MR) is 99.4 cm³/mol. The lowest BCUT2D eigenvalue weighted by Gasteiger charge is -2.24. The lowest BCUT2D eigenvalue weighted by molar-refractivity contribution is -0.653. The second kappa shape index (κ2) is 7.20. The Balaban J connectivity index is 2.32. The first-order chi connectivity index (χ1) is 10.8. The highest BCUT2D eigenvalue weighted by Gasteiger charge is 2.30. The molecule has 0 fully saturated rings. The van der Waals surface area contributed by atoms with E-state index in [4.69, 9.17) is 11.6 Å². The minimum Gasteiger partial charge on any atom is -0.300 e. The van der Waals surface area contributed by atoms with Gasteiger partial charge in [-0.15, -0.1) is 0 Å². The molecule has 0 unspecified atom stereocenters. The molecule has 0 saturated heterocycles. The van der Waals surface area contributed by atoms with Gasteiger partial charge in [-0.3, -0.25) is 9.78 Å². The van der Waals surface area contributed by atoms with Crippen molar-refractivity contribution in [2.75, 3.05) is 18.2 Å². The van der Waals surface area contributed by atoms with E-state index in [1.165, 1.54) is 11.3 Å². The number of carbonyl (C=O) groups is 1. The molecule has 0 aliphatic heterocycles. The van der Waals surface area contributed by atoms with E-state index in [0.717, 1.165) is 15.6 Å². The van der Waals surface area contributed by atoms with E-state index < -0.39 is 0 Å². The number of thiazole rings is 1. The van der Waals surface area contributed by atoms with Gasteiger partial charge in [0.05, 0.1) is 5.56 Å². The first kappa shape index (κ1) is 18.2. The van der Waals surface area contributed by atoms with Gasteiger partial charge in [-0.1, -0.05) is 13.8 Å². The predicted octanol–water partition coefficient (Wildman–Crippen LogP) is 3.78. The number of amides is 1. The minimum absolute atomic E-state index is 0.0610. The van der Waals surface area contributed by atoms with E-state index in [2.05, 4.69) is 18.8 Å². The molecule has 0 bridgehead atoms. The summed E-state index contributed by atoms with van der Waals surface area (Å²) in [5, 5.41) is 2.29. The lowest BCUT2D eigenvalue weighted by Crippen LogP contribution is -2.34. The van der Waals surface area contributed by atoms with Crippen LogP contribution in [0.4, 0.5) is 5.00 Å². The Morgan fingerprint density at radius 3 is 2.78 bits per heavy atom. The van der Waals surface area contributed by atoms with Gasteiger partial charge in [0.25, 0.3) is 5.01 Å². The average molecular weight is 371 g/mol. The van der Waals surface area contributed by atoms with Crippen molar-refractivity contribution in [3.05, 3.63) is 29.7 Å². The van der Waals surface area contributed by atoms with Crippen LogP contribution in [0.1, 0.15) is 20.3 Å². The van der Waals surface area contributed by atoms with Crippen molar-refractivity contribution in [1.29, 1.82) is 0 Å². The van der Waals surface area contributed by atoms with Crippen molar-refractivity contribution in [2.45, 2.75) is 25.0 Å². The molecular formula is C16H21ClN3OS2+. The Morgan fingerprint density at radius 2 is 2.22 bits per heavy atom. The molecule has 4 nitrogen and oxygen atoms in total. The van der Waals surface area contributed by atoms with Crippen LogP contribution in [0.5, 0.6) is 0 Å². The Bertz CT molecular complexity index is 701. The van der Waals surface area contributed by atoms with Gasteiger partial charge in [-0.05, 0) is 41.3 Å². The molecule has 2 rings (SSSR count). The second-order valence-electron chi connectivity index (χ2n) is 5.90. The monoisotopic (exact) mass is 370 g/mol. The Kier molecular flexibility index (Phi) is 5.70. The molecule has 2 aromatic rings. The smallest absolute Gasteiger partial charge is 0.300 e. The topological polar surface area (TPSA) is 37.1 Å². The van der Waals surface area contributed by atoms with Gasteiger partial charge in [0.2, 0.25) is 5.91 Å². The van der Waals surface area contributed by atoms with Crippen molar-refractivity contribution in [3.8, 4) is 10.6 Å². The molecule has 23 heavy (non-hydrogen) atoms. The number of pyridine rings is 1. The van der Waals surface area contributed by atoms with Crippen LogP contribution in [0.2, 0.25) is 5.15 Å². The van der Waals surface area contributed by atoms with Crippen LogP contribution in [0.15, 0.2) is 24.5 Å². The van der Waals surface area contributed by atoms with Crippen molar-refractivity contribution >= 4 is 45.6 Å². The van der Waals surface area contributed by atoms with Crippen molar-refractivity contribution in [1.82, 2.24) is 4.98 Å². The zero-order chi connectivity index (χ0) is 17.2. The summed E-state index contributed by atoms with van der Waals surface area (Å²) in [7, 11) is 3.68. The van der Waals surface area contributed by atoms with E-state index in [1.54, 1.807) is 36.1 Å². The molecule has 2 heterocycles. The molecule has 0 saturated carbocycles.